The Hall–Kier alpha value is -4.64. The fraction of sp³-hybridized carbons (Fsp3) is 0.375. The highest BCUT2D eigenvalue weighted by atomic mass is 79.9. The van der Waals surface area contributed by atoms with E-state index in [0.717, 1.165) is 44.1 Å². The molecule has 8 aromatic carbocycles. The summed E-state index contributed by atoms with van der Waals surface area (Å²) in [6, 6.07) is 43.9. The lowest BCUT2D eigenvalue weighted by atomic mass is 9.92. The van der Waals surface area contributed by atoms with Crippen LogP contribution in [-0.2, 0) is 12.8 Å². The van der Waals surface area contributed by atoms with Crippen LogP contribution in [0.4, 0.5) is 0 Å². The van der Waals surface area contributed by atoms with Gasteiger partial charge in [-0.05, 0) is 104 Å². The van der Waals surface area contributed by atoms with Crippen molar-refractivity contribution in [3.05, 3.63) is 141 Å². The first-order valence-electron chi connectivity index (χ1n) is 26.4. The lowest BCUT2D eigenvalue weighted by molar-refractivity contribution is 0.556. The second-order valence-corrected chi connectivity index (χ2v) is 21.2. The molecule has 0 saturated heterocycles. The molecule has 0 saturated carbocycles. The van der Waals surface area contributed by atoms with Crippen molar-refractivity contribution in [3.63, 3.8) is 0 Å². The fourth-order valence-electron chi connectivity index (χ4n) is 11.1. The third kappa shape index (κ3) is 10.9. The van der Waals surface area contributed by atoms with Crippen LogP contribution in [0.2, 0.25) is 0 Å². The zero-order chi connectivity index (χ0) is 46.7. The van der Waals surface area contributed by atoms with E-state index in [-0.39, 0.29) is 0 Å². The summed E-state index contributed by atoms with van der Waals surface area (Å²) in [6.45, 7) is 4.60. The van der Waals surface area contributed by atoms with E-state index in [9.17, 15) is 0 Å². The van der Waals surface area contributed by atoms with E-state index in [0.29, 0.717) is 0 Å². The molecule has 10 rings (SSSR count). The van der Waals surface area contributed by atoms with E-state index in [1.165, 1.54) is 204 Å². The van der Waals surface area contributed by atoms with Gasteiger partial charge in [-0.2, -0.15) is 0 Å². The zero-order valence-electron chi connectivity index (χ0n) is 40.7. The molecule has 4 heteroatoms. The average Bonchev–Trinajstić information content (AvgIpc) is 3.93. The Morgan fingerprint density at radius 3 is 0.868 bits per heavy atom. The molecular formula is C64H70Br2O2. The maximum Gasteiger partial charge on any atom is 0.137 e. The Morgan fingerprint density at radius 2 is 0.544 bits per heavy atom. The van der Waals surface area contributed by atoms with E-state index >= 15 is 0 Å². The van der Waals surface area contributed by atoms with Gasteiger partial charge in [-0.3, -0.25) is 0 Å². The Balaban J connectivity index is 0.000000208. The summed E-state index contributed by atoms with van der Waals surface area (Å²) < 4.78 is 15.0. The van der Waals surface area contributed by atoms with Crippen molar-refractivity contribution in [2.24, 2.45) is 0 Å². The van der Waals surface area contributed by atoms with Crippen molar-refractivity contribution in [1.29, 1.82) is 0 Å². The standard InChI is InChI=1S/C44H60O.C20H10Br2O/c1-3-5-7-9-11-13-15-17-19-21-27-35-33-41-43(39-31-25-23-29-37(35)39)44-40-32-26-24-30-38(40)36(34-42(44)45-41)28-22-20-18-16-14-12-10-8-6-4-2;21-15-9-17-19(13-7-3-1-5-11(13)15)20-14-8-4-2-6-12(14)16(22)10-18(20)23-17/h23-26,29-34H,3-22,27-28H2,1-2H3;1-10H. The Bertz CT molecular complexity index is 3050. The lowest BCUT2D eigenvalue weighted by Crippen LogP contribution is -1.90. The van der Waals surface area contributed by atoms with Gasteiger partial charge in [0.15, 0.2) is 0 Å². The Morgan fingerprint density at radius 1 is 0.294 bits per heavy atom. The van der Waals surface area contributed by atoms with Gasteiger partial charge in [0.25, 0.3) is 0 Å². The van der Waals surface area contributed by atoms with Crippen LogP contribution in [0, 0.1) is 0 Å². The van der Waals surface area contributed by atoms with Crippen LogP contribution in [0.1, 0.15) is 153 Å². The van der Waals surface area contributed by atoms with Crippen LogP contribution in [0.3, 0.4) is 0 Å². The van der Waals surface area contributed by atoms with Crippen molar-refractivity contribution >= 4 is 119 Å². The minimum atomic E-state index is 0.911. The molecule has 0 unspecified atom stereocenters. The van der Waals surface area contributed by atoms with Crippen LogP contribution in [0.5, 0.6) is 0 Å². The maximum atomic E-state index is 6.75. The van der Waals surface area contributed by atoms with Gasteiger partial charge in [-0.15, -0.1) is 0 Å². The van der Waals surface area contributed by atoms with E-state index in [1.54, 1.807) is 0 Å². The van der Waals surface area contributed by atoms with Crippen LogP contribution < -0.4 is 0 Å². The van der Waals surface area contributed by atoms with Gasteiger partial charge >= 0.3 is 0 Å². The normalized spacial score (nSPS) is 11.9. The van der Waals surface area contributed by atoms with Crippen LogP contribution in [0.15, 0.2) is 139 Å². The zero-order valence-corrected chi connectivity index (χ0v) is 43.8. The van der Waals surface area contributed by atoms with Crippen molar-refractivity contribution in [2.75, 3.05) is 0 Å². The molecular weight excluding hydrogens is 961 g/mol. The van der Waals surface area contributed by atoms with Crippen molar-refractivity contribution in [3.8, 4) is 0 Å². The van der Waals surface area contributed by atoms with Gasteiger partial charge in [-0.25, -0.2) is 0 Å². The summed E-state index contributed by atoms with van der Waals surface area (Å²) in [5, 5.41) is 15.3. The fourth-order valence-corrected chi connectivity index (χ4v) is 12.2. The first-order chi connectivity index (χ1) is 33.6. The highest BCUT2D eigenvalue weighted by molar-refractivity contribution is 9.11. The van der Waals surface area contributed by atoms with Gasteiger partial charge in [0.2, 0.25) is 0 Å². The maximum absolute atomic E-state index is 6.75. The van der Waals surface area contributed by atoms with Crippen LogP contribution in [-0.4, -0.2) is 0 Å². The molecule has 0 bridgehead atoms. The van der Waals surface area contributed by atoms with Crippen molar-refractivity contribution in [1.82, 2.24) is 0 Å². The largest absolute Gasteiger partial charge is 0.456 e. The molecule has 352 valence electrons. The number of rotatable bonds is 22. The van der Waals surface area contributed by atoms with E-state index in [1.807, 2.05) is 0 Å². The summed E-state index contributed by atoms with van der Waals surface area (Å²) in [6.07, 6.45) is 29.8. The Labute approximate surface area is 421 Å². The summed E-state index contributed by atoms with van der Waals surface area (Å²) >= 11 is 7.34. The number of fused-ring (bicyclic) bond motifs is 14. The molecule has 0 aliphatic rings. The molecule has 68 heavy (non-hydrogen) atoms. The van der Waals surface area contributed by atoms with E-state index < -0.39 is 0 Å². The highest BCUT2D eigenvalue weighted by Gasteiger charge is 2.19. The number of benzene rings is 8. The first kappa shape index (κ1) is 48.4. The predicted molar refractivity (Wildman–Crippen MR) is 304 cm³/mol. The second kappa shape index (κ2) is 23.8. The van der Waals surface area contributed by atoms with Gasteiger partial charge in [-0.1, -0.05) is 258 Å². The minimum absolute atomic E-state index is 0.911. The molecule has 2 nitrogen and oxygen atoms in total. The van der Waals surface area contributed by atoms with Crippen molar-refractivity contribution in [2.45, 2.75) is 155 Å². The first-order valence-corrected chi connectivity index (χ1v) is 28.0. The third-order valence-corrected chi connectivity index (χ3v) is 16.0. The monoisotopic (exact) mass is 1030 g/mol. The lowest BCUT2D eigenvalue weighted by Gasteiger charge is -2.10. The average molecular weight is 1030 g/mol. The molecule has 0 radical (unpaired) electrons. The van der Waals surface area contributed by atoms with Crippen LogP contribution in [0.25, 0.3) is 87.0 Å². The van der Waals surface area contributed by atoms with E-state index in [4.69, 9.17) is 8.83 Å². The molecule has 0 spiro atoms. The highest BCUT2D eigenvalue weighted by Crippen LogP contribution is 2.44. The second-order valence-electron chi connectivity index (χ2n) is 19.5. The quantitative estimate of drug-likeness (QED) is 0.0633. The number of furan rings is 2. The molecule has 0 aliphatic carbocycles. The molecule has 0 N–H and O–H groups in total. The number of unbranched alkanes of at least 4 members (excludes halogenated alkanes) is 18. The third-order valence-electron chi connectivity index (χ3n) is 14.6. The molecule has 2 heterocycles. The number of hydrogen-bond donors (Lipinski definition) is 0. The van der Waals surface area contributed by atoms with Gasteiger partial charge in [0, 0.05) is 30.5 Å². The van der Waals surface area contributed by atoms with E-state index in [2.05, 4.69) is 167 Å². The van der Waals surface area contributed by atoms with Crippen LogP contribution >= 0.6 is 31.9 Å². The predicted octanol–water partition coefficient (Wildman–Crippen LogP) is 22.2. The number of aryl methyl sites for hydroxylation is 2. The molecule has 0 atom stereocenters. The minimum Gasteiger partial charge on any atom is -0.456 e. The smallest absolute Gasteiger partial charge is 0.137 e. The Kier molecular flexibility index (Phi) is 16.9. The van der Waals surface area contributed by atoms with Crippen molar-refractivity contribution < 1.29 is 8.83 Å². The summed E-state index contributed by atoms with van der Waals surface area (Å²) in [5.41, 5.74) is 6.85. The SMILES string of the molecule is Brc1cc2oc3cc(Br)c4ccccc4c3c2c2ccccc12.CCCCCCCCCCCCc1cc2oc3cc(CCCCCCCCCCCC)c4ccccc4c3c2c2ccccc12. The summed E-state index contributed by atoms with van der Waals surface area (Å²) in [4.78, 5) is 0. The topological polar surface area (TPSA) is 26.3 Å². The van der Waals surface area contributed by atoms with Gasteiger partial charge in [0.05, 0.1) is 0 Å². The number of hydrogen-bond acceptors (Lipinski definition) is 2. The molecule has 10 aromatic rings. The molecule has 0 amide bonds. The summed E-state index contributed by atoms with van der Waals surface area (Å²) in [7, 11) is 0. The molecule has 0 aliphatic heterocycles. The number of halogens is 2. The van der Waals surface area contributed by atoms with Gasteiger partial charge < -0.3 is 8.83 Å². The molecule has 0 fully saturated rings. The summed E-state index contributed by atoms with van der Waals surface area (Å²) in [5.74, 6) is 0. The molecule has 2 aromatic heterocycles. The van der Waals surface area contributed by atoms with Gasteiger partial charge in [0.1, 0.15) is 22.3 Å².